The van der Waals surface area contributed by atoms with Gasteiger partial charge in [-0.25, -0.2) is 0 Å². The van der Waals surface area contributed by atoms with E-state index in [1.165, 1.54) is 11.8 Å². The molecule has 7 nitrogen and oxygen atoms in total. The Morgan fingerprint density at radius 3 is 1.88 bits per heavy atom. The molecule has 3 N–H and O–H groups in total. The third-order valence-electron chi connectivity index (χ3n) is 7.69. The van der Waals surface area contributed by atoms with Crippen molar-refractivity contribution in [3.8, 4) is 11.5 Å². The normalized spacial score (nSPS) is 11.6. The minimum Gasteiger partial charge on any atom is -0.457 e. The minimum absolute atomic E-state index is 0.105. The average molecular weight is 690 g/mol. The first-order valence-electron chi connectivity index (χ1n) is 16.3. The summed E-state index contributed by atoms with van der Waals surface area (Å²) >= 11 is 1.40. The van der Waals surface area contributed by atoms with Crippen LogP contribution in [0.25, 0.3) is 6.08 Å². The number of thioether (sulfide) groups is 1. The van der Waals surface area contributed by atoms with E-state index in [-0.39, 0.29) is 11.6 Å². The second-order valence-electron chi connectivity index (χ2n) is 11.6. The van der Waals surface area contributed by atoms with Gasteiger partial charge in [-0.2, -0.15) is 0 Å². The van der Waals surface area contributed by atoms with E-state index in [1.807, 2.05) is 134 Å². The summed E-state index contributed by atoms with van der Waals surface area (Å²) in [5.41, 5.74) is 4.38. The van der Waals surface area contributed by atoms with Crippen molar-refractivity contribution in [2.75, 3.05) is 10.6 Å². The maximum absolute atomic E-state index is 13.7. The number of benzene rings is 6. The molecule has 8 heteroatoms. The summed E-state index contributed by atoms with van der Waals surface area (Å²) in [6, 6.07) is 50.0. The van der Waals surface area contributed by atoms with Crippen LogP contribution < -0.4 is 20.7 Å². The van der Waals surface area contributed by atoms with Crippen molar-refractivity contribution in [3.05, 3.63) is 192 Å². The Balaban J connectivity index is 1.15. The fourth-order valence-electron chi connectivity index (χ4n) is 5.16. The summed E-state index contributed by atoms with van der Waals surface area (Å²) in [6.45, 7) is 1.96. The monoisotopic (exact) mass is 689 g/mol. The Morgan fingerprint density at radius 2 is 1.22 bits per heavy atom. The van der Waals surface area contributed by atoms with E-state index in [0.717, 1.165) is 27.3 Å². The molecule has 6 aromatic carbocycles. The van der Waals surface area contributed by atoms with Crippen LogP contribution in [0.1, 0.15) is 32.3 Å². The topological polar surface area (TPSA) is 96.5 Å². The van der Waals surface area contributed by atoms with Crippen molar-refractivity contribution in [3.63, 3.8) is 0 Å². The van der Waals surface area contributed by atoms with Gasteiger partial charge in [0.05, 0.1) is 0 Å². The predicted molar refractivity (Wildman–Crippen MR) is 205 cm³/mol. The lowest BCUT2D eigenvalue weighted by atomic mass is 10.1. The van der Waals surface area contributed by atoms with Gasteiger partial charge >= 0.3 is 0 Å². The van der Waals surface area contributed by atoms with Crippen molar-refractivity contribution >= 4 is 46.9 Å². The highest BCUT2D eigenvalue weighted by Gasteiger charge is 2.23. The number of para-hydroxylation sites is 1. The SMILES string of the molecule is Cc1cccc(/C=C(\NC(=O)c2ccccc2)C(=O)Nc2ccc(SC(C(=O)Nc3ccc(Oc4ccccc4)cc3)c3ccccc3)cc2)c1. The zero-order valence-corrected chi connectivity index (χ0v) is 28.6. The summed E-state index contributed by atoms with van der Waals surface area (Å²) in [5.74, 6) is 0.354. The molecule has 0 saturated heterocycles. The number of ether oxygens (including phenoxy) is 1. The summed E-state index contributed by atoms with van der Waals surface area (Å²) in [5, 5.41) is 8.17. The molecule has 252 valence electrons. The lowest BCUT2D eigenvalue weighted by Crippen LogP contribution is -2.30. The summed E-state index contributed by atoms with van der Waals surface area (Å²) in [7, 11) is 0. The van der Waals surface area contributed by atoms with Crippen LogP contribution in [0.4, 0.5) is 11.4 Å². The van der Waals surface area contributed by atoms with Crippen LogP contribution >= 0.6 is 11.8 Å². The molecular weight excluding hydrogens is 655 g/mol. The van der Waals surface area contributed by atoms with Crippen LogP contribution in [0, 0.1) is 6.92 Å². The number of hydrogen-bond acceptors (Lipinski definition) is 5. The molecule has 1 atom stereocenters. The third kappa shape index (κ3) is 9.84. The number of rotatable bonds is 12. The zero-order valence-electron chi connectivity index (χ0n) is 27.8. The lowest BCUT2D eigenvalue weighted by molar-refractivity contribution is -0.116. The highest BCUT2D eigenvalue weighted by molar-refractivity contribution is 8.00. The maximum atomic E-state index is 13.7. The van der Waals surface area contributed by atoms with Gasteiger partial charge in [-0.3, -0.25) is 14.4 Å². The highest BCUT2D eigenvalue weighted by atomic mass is 32.2. The Labute approximate surface area is 301 Å². The molecule has 0 spiro atoms. The van der Waals surface area contributed by atoms with Gasteiger partial charge in [0.15, 0.2) is 0 Å². The van der Waals surface area contributed by atoms with Gasteiger partial charge in [-0.05, 0) is 96.9 Å². The number of carbonyl (C=O) groups is 3. The number of nitrogens with one attached hydrogen (secondary N) is 3. The first-order valence-corrected chi connectivity index (χ1v) is 17.2. The fourth-order valence-corrected chi connectivity index (χ4v) is 6.18. The molecular formula is C43H35N3O4S. The number of aryl methyl sites for hydroxylation is 1. The Kier molecular flexibility index (Phi) is 11.4. The molecule has 0 aromatic heterocycles. The van der Waals surface area contributed by atoms with Gasteiger partial charge in [0.2, 0.25) is 5.91 Å². The first-order chi connectivity index (χ1) is 24.9. The summed E-state index contributed by atoms with van der Waals surface area (Å²) in [4.78, 5) is 41.1. The van der Waals surface area contributed by atoms with Gasteiger partial charge in [-0.15, -0.1) is 11.8 Å². The molecule has 0 aliphatic carbocycles. The largest absolute Gasteiger partial charge is 0.457 e. The predicted octanol–water partition coefficient (Wildman–Crippen LogP) is 9.67. The van der Waals surface area contributed by atoms with Crippen molar-refractivity contribution in [2.45, 2.75) is 17.1 Å². The highest BCUT2D eigenvalue weighted by Crippen LogP contribution is 2.37. The molecule has 0 radical (unpaired) electrons. The molecule has 1 unspecified atom stereocenters. The van der Waals surface area contributed by atoms with Gasteiger partial charge < -0.3 is 20.7 Å². The van der Waals surface area contributed by atoms with E-state index in [1.54, 1.807) is 42.5 Å². The number of carbonyl (C=O) groups excluding carboxylic acids is 3. The Bertz CT molecular complexity index is 2120. The molecule has 6 rings (SSSR count). The van der Waals surface area contributed by atoms with Crippen molar-refractivity contribution in [1.82, 2.24) is 5.32 Å². The molecule has 0 saturated carbocycles. The van der Waals surface area contributed by atoms with Crippen LogP contribution in [0.2, 0.25) is 0 Å². The van der Waals surface area contributed by atoms with E-state index < -0.39 is 17.1 Å². The van der Waals surface area contributed by atoms with E-state index in [4.69, 9.17) is 4.74 Å². The number of hydrogen-bond donors (Lipinski definition) is 3. The molecule has 0 fully saturated rings. The minimum atomic E-state index is -0.552. The van der Waals surface area contributed by atoms with Crippen LogP contribution in [-0.2, 0) is 9.59 Å². The fraction of sp³-hybridized carbons (Fsp3) is 0.0465. The second kappa shape index (κ2) is 16.8. The van der Waals surface area contributed by atoms with Gasteiger partial charge in [0.1, 0.15) is 22.4 Å². The lowest BCUT2D eigenvalue weighted by Gasteiger charge is -2.18. The van der Waals surface area contributed by atoms with Crippen molar-refractivity contribution in [1.29, 1.82) is 0 Å². The van der Waals surface area contributed by atoms with E-state index in [2.05, 4.69) is 16.0 Å². The molecule has 0 aliphatic heterocycles. The Hall–Kier alpha value is -6.38. The molecule has 3 amide bonds. The van der Waals surface area contributed by atoms with Crippen LogP contribution in [0.5, 0.6) is 11.5 Å². The first kappa shape index (κ1) is 34.5. The van der Waals surface area contributed by atoms with Gasteiger partial charge in [0.25, 0.3) is 11.8 Å². The van der Waals surface area contributed by atoms with E-state index in [0.29, 0.717) is 22.7 Å². The van der Waals surface area contributed by atoms with Crippen molar-refractivity contribution in [2.24, 2.45) is 0 Å². The maximum Gasteiger partial charge on any atom is 0.272 e. The van der Waals surface area contributed by atoms with Crippen LogP contribution in [0.15, 0.2) is 174 Å². The molecule has 51 heavy (non-hydrogen) atoms. The van der Waals surface area contributed by atoms with Crippen LogP contribution in [-0.4, -0.2) is 17.7 Å². The van der Waals surface area contributed by atoms with Crippen molar-refractivity contribution < 1.29 is 19.1 Å². The Morgan fingerprint density at radius 1 is 0.627 bits per heavy atom. The number of anilines is 2. The summed E-state index contributed by atoms with van der Waals surface area (Å²) < 4.78 is 5.88. The zero-order chi connectivity index (χ0) is 35.4. The molecule has 0 bridgehead atoms. The third-order valence-corrected chi connectivity index (χ3v) is 8.96. The molecule has 0 heterocycles. The standard InChI is InChI=1S/C43H35N3O4S/c1-30-12-11-13-31(28-30)29-39(46-41(47)33-16-7-3-8-17-33)42(48)44-35-22-26-38(27-23-35)51-40(32-14-5-2-6-15-32)43(49)45-34-20-24-37(25-21-34)50-36-18-9-4-10-19-36/h2-29,40H,1H3,(H,44,48)(H,45,49)(H,46,47)/b39-29-. The van der Waals surface area contributed by atoms with Gasteiger partial charge in [-0.1, -0.05) is 96.6 Å². The smallest absolute Gasteiger partial charge is 0.272 e. The van der Waals surface area contributed by atoms with Crippen LogP contribution in [0.3, 0.4) is 0 Å². The summed E-state index contributed by atoms with van der Waals surface area (Å²) in [6.07, 6.45) is 1.65. The molecule has 0 aliphatic rings. The average Bonchev–Trinajstić information content (AvgIpc) is 3.16. The second-order valence-corrected chi connectivity index (χ2v) is 12.8. The van der Waals surface area contributed by atoms with Gasteiger partial charge in [0, 0.05) is 21.8 Å². The molecule has 6 aromatic rings. The van der Waals surface area contributed by atoms with E-state index in [9.17, 15) is 14.4 Å². The van der Waals surface area contributed by atoms with E-state index >= 15 is 0 Å². The number of amides is 3. The quantitative estimate of drug-likeness (QED) is 0.0879.